The third kappa shape index (κ3) is 2.52. The predicted molar refractivity (Wildman–Crippen MR) is 73.8 cm³/mol. The largest absolute Gasteiger partial charge is 0.469 e. The summed E-state index contributed by atoms with van der Waals surface area (Å²) >= 11 is 3.30. The number of fused-ring (bicyclic) bond motifs is 1. The first-order valence-corrected chi connectivity index (χ1v) is 7.31. The van der Waals surface area contributed by atoms with E-state index in [9.17, 15) is 18.0 Å². The molecule has 0 aromatic heterocycles. The number of halogens is 4. The lowest BCUT2D eigenvalue weighted by atomic mass is 10.1. The molecule has 114 valence electrons. The highest BCUT2D eigenvalue weighted by atomic mass is 79.9. The van der Waals surface area contributed by atoms with Crippen molar-refractivity contribution in [1.29, 1.82) is 0 Å². The Labute approximate surface area is 128 Å². The molecule has 0 radical (unpaired) electrons. The maximum absolute atomic E-state index is 12.8. The second-order valence-corrected chi connectivity index (χ2v) is 6.30. The SMILES string of the molecule is COC(=O)C1[C@H]2CN(c3cc(C(F)(F)F)ccc3Br)C[C@@H]12. The monoisotopic (exact) mass is 363 g/mol. The van der Waals surface area contributed by atoms with E-state index in [0.717, 1.165) is 12.1 Å². The zero-order valence-corrected chi connectivity index (χ0v) is 12.7. The van der Waals surface area contributed by atoms with Crippen LogP contribution in [0.5, 0.6) is 0 Å². The highest BCUT2D eigenvalue weighted by Crippen LogP contribution is 2.53. The topological polar surface area (TPSA) is 29.5 Å². The summed E-state index contributed by atoms with van der Waals surface area (Å²) in [5, 5.41) is 0. The van der Waals surface area contributed by atoms with Gasteiger partial charge in [-0.3, -0.25) is 4.79 Å². The van der Waals surface area contributed by atoms with Crippen molar-refractivity contribution in [3.63, 3.8) is 0 Å². The lowest BCUT2D eigenvalue weighted by Crippen LogP contribution is -2.27. The van der Waals surface area contributed by atoms with Gasteiger partial charge in [0.1, 0.15) is 0 Å². The van der Waals surface area contributed by atoms with Crippen LogP contribution < -0.4 is 4.90 Å². The second-order valence-electron chi connectivity index (χ2n) is 5.45. The second kappa shape index (κ2) is 4.90. The quantitative estimate of drug-likeness (QED) is 0.755. The van der Waals surface area contributed by atoms with Gasteiger partial charge in [-0.1, -0.05) is 0 Å². The number of carbonyl (C=O) groups is 1. The molecule has 2 fully saturated rings. The molecule has 1 saturated carbocycles. The summed E-state index contributed by atoms with van der Waals surface area (Å²) in [7, 11) is 1.36. The smallest absolute Gasteiger partial charge is 0.416 e. The molecule has 1 aliphatic heterocycles. The molecule has 1 saturated heterocycles. The van der Waals surface area contributed by atoms with E-state index in [-0.39, 0.29) is 23.7 Å². The van der Waals surface area contributed by atoms with Crippen LogP contribution >= 0.6 is 15.9 Å². The van der Waals surface area contributed by atoms with Gasteiger partial charge >= 0.3 is 12.1 Å². The van der Waals surface area contributed by atoms with Gasteiger partial charge in [0.25, 0.3) is 0 Å². The van der Waals surface area contributed by atoms with E-state index in [1.807, 2.05) is 4.90 Å². The number of anilines is 1. The van der Waals surface area contributed by atoms with Gasteiger partial charge in [0, 0.05) is 17.6 Å². The molecule has 0 amide bonds. The summed E-state index contributed by atoms with van der Waals surface area (Å²) in [5.74, 6) is 0.0846. The average molecular weight is 364 g/mol. The standard InChI is InChI=1S/C14H13BrF3NO2/c1-21-13(20)12-8-5-19(6-9(8)12)11-4-7(14(16,17)18)2-3-10(11)15/h2-4,8-9,12H,5-6H2,1H3/t8-,9+,12?. The van der Waals surface area contributed by atoms with Crippen LogP contribution in [0.2, 0.25) is 0 Å². The Morgan fingerprint density at radius 2 is 1.95 bits per heavy atom. The van der Waals surface area contributed by atoms with Gasteiger partial charge in [-0.25, -0.2) is 0 Å². The molecule has 1 unspecified atom stereocenters. The first-order chi connectivity index (χ1) is 9.82. The van der Waals surface area contributed by atoms with E-state index in [2.05, 4.69) is 15.9 Å². The molecule has 0 bridgehead atoms. The van der Waals surface area contributed by atoms with Gasteiger partial charge in [0.05, 0.1) is 24.3 Å². The van der Waals surface area contributed by atoms with Crippen molar-refractivity contribution in [3.05, 3.63) is 28.2 Å². The average Bonchev–Trinajstić information content (AvgIpc) is 2.91. The van der Waals surface area contributed by atoms with Gasteiger partial charge in [-0.15, -0.1) is 0 Å². The summed E-state index contributed by atoms with van der Waals surface area (Å²) < 4.78 is 43.7. The van der Waals surface area contributed by atoms with Gasteiger partial charge in [0.15, 0.2) is 0 Å². The van der Waals surface area contributed by atoms with Crippen LogP contribution in [0.15, 0.2) is 22.7 Å². The number of carbonyl (C=O) groups excluding carboxylic acids is 1. The van der Waals surface area contributed by atoms with Gasteiger partial charge in [0.2, 0.25) is 0 Å². The Bertz CT molecular complexity index is 578. The Morgan fingerprint density at radius 1 is 1.33 bits per heavy atom. The number of hydrogen-bond donors (Lipinski definition) is 0. The summed E-state index contributed by atoms with van der Waals surface area (Å²) in [4.78, 5) is 13.4. The van der Waals surface area contributed by atoms with Crippen LogP contribution in [0.4, 0.5) is 18.9 Å². The highest BCUT2D eigenvalue weighted by Gasteiger charge is 2.60. The minimum Gasteiger partial charge on any atom is -0.469 e. The molecular weight excluding hydrogens is 351 g/mol. The fraction of sp³-hybridized carbons (Fsp3) is 0.500. The van der Waals surface area contributed by atoms with Crippen molar-refractivity contribution in [2.75, 3.05) is 25.1 Å². The molecule has 7 heteroatoms. The van der Waals surface area contributed by atoms with Crippen molar-refractivity contribution >= 4 is 27.6 Å². The number of alkyl halides is 3. The van der Waals surface area contributed by atoms with Crippen molar-refractivity contribution in [2.45, 2.75) is 6.18 Å². The number of ether oxygens (including phenoxy) is 1. The molecule has 1 aromatic rings. The molecule has 1 heterocycles. The normalized spacial score (nSPS) is 27.5. The van der Waals surface area contributed by atoms with E-state index < -0.39 is 11.7 Å². The van der Waals surface area contributed by atoms with E-state index in [1.54, 1.807) is 0 Å². The molecule has 1 aliphatic carbocycles. The first kappa shape index (κ1) is 14.7. The Balaban J connectivity index is 1.77. The molecule has 0 N–H and O–H groups in total. The molecule has 3 atom stereocenters. The van der Waals surface area contributed by atoms with E-state index >= 15 is 0 Å². The maximum Gasteiger partial charge on any atom is 0.416 e. The molecule has 3 rings (SSSR count). The Kier molecular flexibility index (Phi) is 3.43. The minimum absolute atomic E-state index is 0.0872. The first-order valence-electron chi connectivity index (χ1n) is 6.52. The molecule has 2 aliphatic rings. The van der Waals surface area contributed by atoms with Gasteiger partial charge < -0.3 is 9.64 Å². The number of rotatable bonds is 2. The molecule has 1 aromatic carbocycles. The van der Waals surface area contributed by atoms with Gasteiger partial charge in [-0.2, -0.15) is 13.2 Å². The summed E-state index contributed by atoms with van der Waals surface area (Å²) in [6.45, 7) is 1.18. The molecule has 0 spiro atoms. The Morgan fingerprint density at radius 3 is 2.48 bits per heavy atom. The van der Waals surface area contributed by atoms with E-state index in [4.69, 9.17) is 4.74 Å². The minimum atomic E-state index is -4.35. The van der Waals surface area contributed by atoms with Crippen LogP contribution in [0.25, 0.3) is 0 Å². The Hall–Kier alpha value is -1.24. The van der Waals surface area contributed by atoms with Crippen molar-refractivity contribution in [1.82, 2.24) is 0 Å². The molecule has 21 heavy (non-hydrogen) atoms. The fourth-order valence-electron chi connectivity index (χ4n) is 3.14. The fourth-order valence-corrected chi connectivity index (χ4v) is 3.64. The number of hydrogen-bond acceptors (Lipinski definition) is 3. The van der Waals surface area contributed by atoms with Crippen LogP contribution in [-0.2, 0) is 15.7 Å². The predicted octanol–water partition coefficient (Wildman–Crippen LogP) is 3.32. The summed E-state index contributed by atoms with van der Waals surface area (Å²) in [5.41, 5.74) is -0.133. The van der Waals surface area contributed by atoms with E-state index in [1.165, 1.54) is 13.2 Å². The third-order valence-corrected chi connectivity index (χ3v) is 4.95. The zero-order chi connectivity index (χ0) is 15.4. The van der Waals surface area contributed by atoms with Crippen LogP contribution in [-0.4, -0.2) is 26.2 Å². The molecule has 3 nitrogen and oxygen atoms in total. The summed E-state index contributed by atoms with van der Waals surface area (Å²) in [6, 6.07) is 3.63. The lowest BCUT2D eigenvalue weighted by molar-refractivity contribution is -0.143. The number of benzene rings is 1. The van der Waals surface area contributed by atoms with E-state index in [0.29, 0.717) is 23.2 Å². The van der Waals surface area contributed by atoms with Crippen molar-refractivity contribution in [3.8, 4) is 0 Å². The number of nitrogens with zero attached hydrogens (tertiary/aromatic N) is 1. The number of piperidine rings is 1. The van der Waals surface area contributed by atoms with Crippen LogP contribution in [0, 0.1) is 17.8 Å². The maximum atomic E-state index is 12.8. The number of esters is 1. The molecular formula is C14H13BrF3NO2. The third-order valence-electron chi connectivity index (χ3n) is 4.28. The summed E-state index contributed by atoms with van der Waals surface area (Å²) in [6.07, 6.45) is -4.35. The zero-order valence-electron chi connectivity index (χ0n) is 11.2. The van der Waals surface area contributed by atoms with Crippen molar-refractivity contribution in [2.24, 2.45) is 17.8 Å². The van der Waals surface area contributed by atoms with Crippen LogP contribution in [0.1, 0.15) is 5.56 Å². The van der Waals surface area contributed by atoms with Crippen molar-refractivity contribution < 1.29 is 22.7 Å². The van der Waals surface area contributed by atoms with Gasteiger partial charge in [-0.05, 0) is 46.0 Å². The highest BCUT2D eigenvalue weighted by molar-refractivity contribution is 9.10. The van der Waals surface area contributed by atoms with Crippen LogP contribution in [0.3, 0.4) is 0 Å². The number of methoxy groups -OCH3 is 1. The lowest BCUT2D eigenvalue weighted by Gasteiger charge is -2.24.